The van der Waals surface area contributed by atoms with Crippen molar-refractivity contribution in [3.8, 4) is 0 Å². The molecule has 0 spiro atoms. The van der Waals surface area contributed by atoms with Crippen LogP contribution in [0.15, 0.2) is 30.3 Å². The van der Waals surface area contributed by atoms with Gasteiger partial charge in [-0.05, 0) is 41.2 Å². The highest BCUT2D eigenvalue weighted by Gasteiger charge is 2.13. The average Bonchev–Trinajstić information content (AvgIpc) is 2.44. The molecule has 0 amide bonds. The zero-order valence-corrected chi connectivity index (χ0v) is 16.4. The summed E-state index contributed by atoms with van der Waals surface area (Å²) < 4.78 is 30.3. The summed E-state index contributed by atoms with van der Waals surface area (Å²) in [5.41, 5.74) is 2.67. The lowest BCUT2D eigenvalue weighted by Crippen LogP contribution is -2.10. The Morgan fingerprint density at radius 1 is 1.08 bits per heavy atom. The topological polar surface area (TPSA) is 54.4 Å². The maximum atomic E-state index is 10.8. The molecule has 1 N–H and O–H groups in total. The molecule has 3 nitrogen and oxygen atoms in total. The Balaban J connectivity index is 2.62. The fourth-order valence-corrected chi connectivity index (χ4v) is 3.21. The molecule has 0 unspecified atom stereocenters. The second kappa shape index (κ2) is 8.82. The average molecular weight is 353 g/mol. The molecule has 0 aliphatic rings. The summed E-state index contributed by atoms with van der Waals surface area (Å²) in [5, 5.41) is 0. The summed E-state index contributed by atoms with van der Waals surface area (Å²) >= 11 is 0. The van der Waals surface area contributed by atoms with E-state index in [1.807, 2.05) is 0 Å². The van der Waals surface area contributed by atoms with Crippen molar-refractivity contribution in [1.82, 2.24) is 0 Å². The minimum absolute atomic E-state index is 0.143. The molecule has 24 heavy (non-hydrogen) atoms. The lowest BCUT2D eigenvalue weighted by Gasteiger charge is -2.19. The lowest BCUT2D eigenvalue weighted by molar-refractivity contribution is 0.421. The summed E-state index contributed by atoms with van der Waals surface area (Å²) in [6.07, 6.45) is 6.62. The van der Waals surface area contributed by atoms with Gasteiger partial charge in [0, 0.05) is 0 Å². The highest BCUT2D eigenvalue weighted by Crippen LogP contribution is 2.24. The number of unbranched alkanes of at least 4 members (excludes halogenated alkanes) is 1. The SMILES string of the molecule is CC(C)[C@H](/C=C/c1ccc(C(C)(C)C)cc1)CCCCS(=O)(=O)O. The van der Waals surface area contributed by atoms with Gasteiger partial charge in [-0.3, -0.25) is 4.55 Å². The Labute approximate surface area is 147 Å². The number of hydrogen-bond acceptors (Lipinski definition) is 2. The molecule has 0 bridgehead atoms. The third-order valence-corrected chi connectivity index (χ3v) is 5.16. The third-order valence-electron chi connectivity index (χ3n) is 4.36. The monoisotopic (exact) mass is 352 g/mol. The maximum Gasteiger partial charge on any atom is 0.264 e. The number of hydrogen-bond donors (Lipinski definition) is 1. The second-order valence-corrected chi connectivity index (χ2v) is 9.49. The van der Waals surface area contributed by atoms with Gasteiger partial charge < -0.3 is 0 Å². The summed E-state index contributed by atoms with van der Waals surface area (Å²) in [7, 11) is -3.83. The number of rotatable bonds is 8. The zero-order valence-electron chi connectivity index (χ0n) is 15.6. The van der Waals surface area contributed by atoms with Crippen LogP contribution in [0.3, 0.4) is 0 Å². The standard InChI is InChI=1S/C20H32O3S/c1-16(2)18(8-6-7-15-24(21,22)23)12-9-17-10-13-19(14-11-17)20(3,4)5/h9-14,16,18H,6-8,15H2,1-5H3,(H,21,22,23)/b12-9+/t18-/m0/s1. The van der Waals surface area contributed by atoms with E-state index in [1.165, 1.54) is 11.1 Å². The van der Waals surface area contributed by atoms with Gasteiger partial charge in [-0.2, -0.15) is 8.42 Å². The van der Waals surface area contributed by atoms with E-state index in [0.29, 0.717) is 18.3 Å². The first-order valence-electron chi connectivity index (χ1n) is 8.73. The van der Waals surface area contributed by atoms with Crippen LogP contribution in [-0.2, 0) is 15.5 Å². The normalized spacial score (nSPS) is 14.5. The van der Waals surface area contributed by atoms with Gasteiger partial charge >= 0.3 is 0 Å². The van der Waals surface area contributed by atoms with Crippen molar-refractivity contribution in [1.29, 1.82) is 0 Å². The smallest absolute Gasteiger partial charge is 0.264 e. The Morgan fingerprint density at radius 3 is 2.12 bits per heavy atom. The van der Waals surface area contributed by atoms with Crippen LogP contribution in [0.5, 0.6) is 0 Å². The highest BCUT2D eigenvalue weighted by molar-refractivity contribution is 7.85. The third kappa shape index (κ3) is 8.11. The minimum atomic E-state index is -3.83. The van der Waals surface area contributed by atoms with Gasteiger partial charge in [0.2, 0.25) is 0 Å². The Bertz CT molecular complexity index is 620. The zero-order chi connectivity index (χ0) is 18.4. The molecule has 0 aliphatic carbocycles. The molecule has 0 saturated heterocycles. The molecule has 1 atom stereocenters. The van der Waals surface area contributed by atoms with Crippen LogP contribution in [0.25, 0.3) is 6.08 Å². The fraction of sp³-hybridized carbons (Fsp3) is 0.600. The van der Waals surface area contributed by atoms with Gasteiger partial charge in [0.25, 0.3) is 10.1 Å². The minimum Gasteiger partial charge on any atom is -0.286 e. The Kier molecular flexibility index (Phi) is 7.68. The van der Waals surface area contributed by atoms with Gasteiger partial charge in [-0.25, -0.2) is 0 Å². The van der Waals surface area contributed by atoms with E-state index in [0.717, 1.165) is 12.8 Å². The van der Waals surface area contributed by atoms with Crippen molar-refractivity contribution in [2.45, 2.75) is 59.3 Å². The quantitative estimate of drug-likeness (QED) is 0.508. The largest absolute Gasteiger partial charge is 0.286 e. The Hall–Kier alpha value is -1.13. The van der Waals surface area contributed by atoms with Crippen LogP contribution in [0.4, 0.5) is 0 Å². The molecule has 1 aromatic carbocycles. The van der Waals surface area contributed by atoms with E-state index < -0.39 is 10.1 Å². The van der Waals surface area contributed by atoms with E-state index in [2.05, 4.69) is 71.0 Å². The summed E-state index contributed by atoms with van der Waals surface area (Å²) in [5.74, 6) is 0.769. The van der Waals surface area contributed by atoms with Crippen LogP contribution in [0.2, 0.25) is 0 Å². The van der Waals surface area contributed by atoms with Crippen molar-refractivity contribution < 1.29 is 13.0 Å². The molecule has 0 heterocycles. The van der Waals surface area contributed by atoms with Crippen molar-refractivity contribution in [3.05, 3.63) is 41.5 Å². The van der Waals surface area contributed by atoms with Crippen molar-refractivity contribution in [2.75, 3.05) is 5.75 Å². The van der Waals surface area contributed by atoms with Crippen LogP contribution in [0.1, 0.15) is 65.0 Å². The van der Waals surface area contributed by atoms with E-state index in [4.69, 9.17) is 4.55 Å². The number of allylic oxidation sites excluding steroid dienone is 1. The summed E-state index contributed by atoms with van der Waals surface area (Å²) in [6.45, 7) is 11.0. The molecule has 0 saturated carbocycles. The summed E-state index contributed by atoms with van der Waals surface area (Å²) in [4.78, 5) is 0. The second-order valence-electron chi connectivity index (χ2n) is 7.92. The first-order valence-corrected chi connectivity index (χ1v) is 10.3. The van der Waals surface area contributed by atoms with Crippen molar-refractivity contribution >= 4 is 16.2 Å². The van der Waals surface area contributed by atoms with Gasteiger partial charge in [-0.1, -0.05) is 77.5 Å². The van der Waals surface area contributed by atoms with Crippen LogP contribution in [-0.4, -0.2) is 18.7 Å². The van der Waals surface area contributed by atoms with E-state index in [9.17, 15) is 8.42 Å². The molecule has 0 radical (unpaired) electrons. The van der Waals surface area contributed by atoms with Gasteiger partial charge in [0.15, 0.2) is 0 Å². The van der Waals surface area contributed by atoms with E-state index >= 15 is 0 Å². The van der Waals surface area contributed by atoms with Crippen LogP contribution < -0.4 is 0 Å². The van der Waals surface area contributed by atoms with Gasteiger partial charge in [0.1, 0.15) is 0 Å². The maximum absolute atomic E-state index is 10.8. The molecular formula is C20H32O3S. The summed E-state index contributed by atoms with van der Waals surface area (Å²) in [6, 6.07) is 8.64. The predicted octanol–water partition coefficient (Wildman–Crippen LogP) is 5.33. The predicted molar refractivity (Wildman–Crippen MR) is 103 cm³/mol. The fourth-order valence-electron chi connectivity index (χ4n) is 2.65. The van der Waals surface area contributed by atoms with Crippen LogP contribution in [0, 0.1) is 11.8 Å². The van der Waals surface area contributed by atoms with Crippen molar-refractivity contribution in [2.24, 2.45) is 11.8 Å². The molecular weight excluding hydrogens is 320 g/mol. The molecule has 0 aliphatic heterocycles. The van der Waals surface area contributed by atoms with E-state index in [-0.39, 0.29) is 11.2 Å². The van der Waals surface area contributed by atoms with Gasteiger partial charge in [0.05, 0.1) is 5.75 Å². The molecule has 136 valence electrons. The van der Waals surface area contributed by atoms with Crippen LogP contribution >= 0.6 is 0 Å². The molecule has 0 fully saturated rings. The molecule has 1 aromatic rings. The highest BCUT2D eigenvalue weighted by atomic mass is 32.2. The molecule has 1 rings (SSSR count). The molecule has 0 aromatic heterocycles. The molecule has 4 heteroatoms. The first-order chi connectivity index (χ1) is 11.0. The number of benzene rings is 1. The van der Waals surface area contributed by atoms with Crippen molar-refractivity contribution in [3.63, 3.8) is 0 Å². The van der Waals surface area contributed by atoms with Gasteiger partial charge in [-0.15, -0.1) is 0 Å². The lowest BCUT2D eigenvalue weighted by atomic mass is 9.86. The van der Waals surface area contributed by atoms with E-state index in [1.54, 1.807) is 0 Å². The Morgan fingerprint density at radius 2 is 1.67 bits per heavy atom. The first kappa shape index (κ1) is 20.9.